The summed E-state index contributed by atoms with van der Waals surface area (Å²) in [6.45, 7) is 13.1. The van der Waals surface area contributed by atoms with Gasteiger partial charge >= 0.3 is 0 Å². The molecule has 0 aliphatic heterocycles. The molecule has 0 atom stereocenters. The standard InChI is InChI=1S/C15H23NO/c1-7-12-8-13(9-17-6)15(11(4)5)16-14(12)10(2)3/h7-8,10-11H,1,9H2,2-6H3. The predicted octanol–water partition coefficient (Wildman–Crippen LogP) is 4.12. The first kappa shape index (κ1) is 13.9. The highest BCUT2D eigenvalue weighted by atomic mass is 16.5. The van der Waals surface area contributed by atoms with Gasteiger partial charge in [0.2, 0.25) is 0 Å². The summed E-state index contributed by atoms with van der Waals surface area (Å²) < 4.78 is 5.24. The van der Waals surface area contributed by atoms with E-state index in [2.05, 4.69) is 40.3 Å². The van der Waals surface area contributed by atoms with Gasteiger partial charge in [-0.25, -0.2) is 0 Å². The summed E-state index contributed by atoms with van der Waals surface area (Å²) in [6.07, 6.45) is 1.88. The normalized spacial score (nSPS) is 11.2. The van der Waals surface area contributed by atoms with Crippen molar-refractivity contribution in [3.05, 3.63) is 35.2 Å². The van der Waals surface area contributed by atoms with Crippen LogP contribution in [0.15, 0.2) is 12.6 Å². The predicted molar refractivity (Wildman–Crippen MR) is 73.2 cm³/mol. The van der Waals surface area contributed by atoms with Crippen LogP contribution in [-0.2, 0) is 11.3 Å². The summed E-state index contributed by atoms with van der Waals surface area (Å²) in [5.74, 6) is 0.827. The van der Waals surface area contributed by atoms with Gasteiger partial charge in [-0.1, -0.05) is 40.3 Å². The first-order chi connectivity index (χ1) is 8.01. The molecule has 17 heavy (non-hydrogen) atoms. The van der Waals surface area contributed by atoms with E-state index in [1.54, 1.807) is 7.11 Å². The number of pyridine rings is 1. The van der Waals surface area contributed by atoms with Crippen molar-refractivity contribution in [2.75, 3.05) is 7.11 Å². The van der Waals surface area contributed by atoms with Crippen LogP contribution in [-0.4, -0.2) is 12.1 Å². The highest BCUT2D eigenvalue weighted by molar-refractivity contribution is 5.53. The summed E-state index contributed by atoms with van der Waals surface area (Å²) in [7, 11) is 1.72. The van der Waals surface area contributed by atoms with Crippen molar-refractivity contribution in [2.24, 2.45) is 0 Å². The Hall–Kier alpha value is -1.15. The number of nitrogens with zero attached hydrogens (tertiary/aromatic N) is 1. The van der Waals surface area contributed by atoms with Crippen LogP contribution in [0.4, 0.5) is 0 Å². The van der Waals surface area contributed by atoms with Gasteiger partial charge < -0.3 is 4.74 Å². The molecule has 0 unspecified atom stereocenters. The minimum atomic E-state index is 0.413. The van der Waals surface area contributed by atoms with E-state index in [4.69, 9.17) is 9.72 Å². The van der Waals surface area contributed by atoms with Crippen LogP contribution < -0.4 is 0 Å². The van der Waals surface area contributed by atoms with E-state index in [0.717, 1.165) is 17.0 Å². The number of aromatic nitrogens is 1. The van der Waals surface area contributed by atoms with Crippen molar-refractivity contribution in [1.82, 2.24) is 4.98 Å². The van der Waals surface area contributed by atoms with Crippen LogP contribution in [0.2, 0.25) is 0 Å². The molecule has 0 saturated heterocycles. The summed E-state index contributed by atoms with van der Waals surface area (Å²) >= 11 is 0. The van der Waals surface area contributed by atoms with Gasteiger partial charge in [-0.05, 0) is 23.5 Å². The number of hydrogen-bond acceptors (Lipinski definition) is 2. The molecule has 0 bridgehead atoms. The molecule has 0 radical (unpaired) electrons. The fourth-order valence-electron chi connectivity index (χ4n) is 2.00. The Morgan fingerprint density at radius 1 is 1.24 bits per heavy atom. The molecule has 0 N–H and O–H groups in total. The van der Waals surface area contributed by atoms with Crippen molar-refractivity contribution >= 4 is 6.08 Å². The van der Waals surface area contributed by atoms with E-state index in [0.29, 0.717) is 18.4 Å². The molecule has 1 heterocycles. The summed E-state index contributed by atoms with van der Waals surface area (Å²) in [4.78, 5) is 4.81. The first-order valence-corrected chi connectivity index (χ1v) is 6.16. The molecule has 0 aromatic carbocycles. The summed E-state index contributed by atoms with van der Waals surface area (Å²) in [5.41, 5.74) is 4.56. The van der Waals surface area contributed by atoms with E-state index in [9.17, 15) is 0 Å². The molecule has 0 amide bonds. The van der Waals surface area contributed by atoms with E-state index >= 15 is 0 Å². The van der Waals surface area contributed by atoms with Gasteiger partial charge in [0.05, 0.1) is 12.3 Å². The monoisotopic (exact) mass is 233 g/mol. The maximum atomic E-state index is 5.24. The quantitative estimate of drug-likeness (QED) is 0.763. The number of hydrogen-bond donors (Lipinski definition) is 0. The average Bonchev–Trinajstić information content (AvgIpc) is 2.28. The Bertz CT molecular complexity index is 394. The summed E-state index contributed by atoms with van der Waals surface area (Å²) in [6, 6.07) is 2.16. The SMILES string of the molecule is C=Cc1cc(COC)c(C(C)C)nc1C(C)C. The van der Waals surface area contributed by atoms with Gasteiger partial charge in [0, 0.05) is 18.4 Å². The molecule has 1 rings (SSSR count). The molecule has 1 aromatic rings. The van der Waals surface area contributed by atoms with E-state index < -0.39 is 0 Å². The zero-order valence-corrected chi connectivity index (χ0v) is 11.6. The van der Waals surface area contributed by atoms with Gasteiger partial charge in [0.15, 0.2) is 0 Å². The average molecular weight is 233 g/mol. The van der Waals surface area contributed by atoms with Gasteiger partial charge in [-0.2, -0.15) is 0 Å². The molecular weight excluding hydrogens is 210 g/mol. The van der Waals surface area contributed by atoms with Gasteiger partial charge in [0.1, 0.15) is 0 Å². The van der Waals surface area contributed by atoms with Crippen LogP contribution in [0, 0.1) is 0 Å². The van der Waals surface area contributed by atoms with Gasteiger partial charge in [-0.3, -0.25) is 4.98 Å². The first-order valence-electron chi connectivity index (χ1n) is 6.16. The lowest BCUT2D eigenvalue weighted by atomic mass is 9.97. The van der Waals surface area contributed by atoms with Crippen molar-refractivity contribution in [3.63, 3.8) is 0 Å². The number of rotatable bonds is 5. The molecule has 0 saturated carbocycles. The zero-order valence-electron chi connectivity index (χ0n) is 11.6. The summed E-state index contributed by atoms with van der Waals surface area (Å²) in [5, 5.41) is 0. The lowest BCUT2D eigenvalue weighted by molar-refractivity contribution is 0.183. The lowest BCUT2D eigenvalue weighted by Gasteiger charge is -2.17. The molecular formula is C15H23NO. The molecule has 0 aliphatic carbocycles. The van der Waals surface area contributed by atoms with Gasteiger partial charge in [-0.15, -0.1) is 0 Å². The Kier molecular flexibility index (Phi) is 4.88. The Morgan fingerprint density at radius 3 is 2.24 bits per heavy atom. The van der Waals surface area contributed by atoms with Crippen LogP contribution in [0.25, 0.3) is 6.08 Å². The van der Waals surface area contributed by atoms with Crippen molar-refractivity contribution in [3.8, 4) is 0 Å². The molecule has 1 aromatic heterocycles. The van der Waals surface area contributed by atoms with Crippen LogP contribution in [0.5, 0.6) is 0 Å². The smallest absolute Gasteiger partial charge is 0.0731 e. The molecule has 2 heteroatoms. The van der Waals surface area contributed by atoms with Gasteiger partial charge in [0.25, 0.3) is 0 Å². The fraction of sp³-hybridized carbons (Fsp3) is 0.533. The third-order valence-electron chi connectivity index (χ3n) is 2.81. The largest absolute Gasteiger partial charge is 0.380 e. The Morgan fingerprint density at radius 2 is 1.82 bits per heavy atom. The highest BCUT2D eigenvalue weighted by Gasteiger charge is 2.14. The Balaban J connectivity index is 3.36. The van der Waals surface area contributed by atoms with E-state index in [-0.39, 0.29) is 0 Å². The minimum Gasteiger partial charge on any atom is -0.380 e. The topological polar surface area (TPSA) is 22.1 Å². The number of methoxy groups -OCH3 is 1. The number of ether oxygens (including phenoxy) is 1. The molecule has 94 valence electrons. The lowest BCUT2D eigenvalue weighted by Crippen LogP contribution is -2.07. The second kappa shape index (κ2) is 5.97. The molecule has 0 spiro atoms. The van der Waals surface area contributed by atoms with Crippen LogP contribution >= 0.6 is 0 Å². The third-order valence-corrected chi connectivity index (χ3v) is 2.81. The second-order valence-electron chi connectivity index (χ2n) is 4.95. The van der Waals surface area contributed by atoms with E-state index in [1.807, 2.05) is 6.08 Å². The van der Waals surface area contributed by atoms with Crippen LogP contribution in [0.3, 0.4) is 0 Å². The fourth-order valence-corrected chi connectivity index (χ4v) is 2.00. The maximum absolute atomic E-state index is 5.24. The highest BCUT2D eigenvalue weighted by Crippen LogP contribution is 2.26. The van der Waals surface area contributed by atoms with Crippen LogP contribution in [0.1, 0.15) is 62.0 Å². The van der Waals surface area contributed by atoms with E-state index in [1.165, 1.54) is 5.56 Å². The zero-order chi connectivity index (χ0) is 13.0. The van der Waals surface area contributed by atoms with Crippen molar-refractivity contribution < 1.29 is 4.74 Å². The van der Waals surface area contributed by atoms with Crippen molar-refractivity contribution in [2.45, 2.75) is 46.1 Å². The third kappa shape index (κ3) is 3.16. The second-order valence-corrected chi connectivity index (χ2v) is 4.95. The maximum Gasteiger partial charge on any atom is 0.0731 e. The minimum absolute atomic E-state index is 0.413. The molecule has 0 fully saturated rings. The molecule has 0 aliphatic rings. The Labute approximate surface area is 105 Å². The van der Waals surface area contributed by atoms with Crippen molar-refractivity contribution in [1.29, 1.82) is 0 Å². The molecule has 2 nitrogen and oxygen atoms in total.